The summed E-state index contributed by atoms with van der Waals surface area (Å²) in [6, 6.07) is 5.09. The van der Waals surface area contributed by atoms with Crippen molar-refractivity contribution in [2.45, 2.75) is 19.1 Å². The van der Waals surface area contributed by atoms with E-state index in [0.29, 0.717) is 83.9 Å². The van der Waals surface area contributed by atoms with Crippen molar-refractivity contribution < 1.29 is 23.8 Å². The van der Waals surface area contributed by atoms with Crippen LogP contribution < -0.4 is 20.1 Å². The SMILES string of the molecule is COc1ccc2ncc(F)c(CCN3C[C@@H](CNCc4nc5c(cc4Cl)OCC(=O)N5)[C@@H](O)C3)c2n1. The molecule has 10 nitrogen and oxygen atoms in total. The molecular weight excluding hydrogens is 491 g/mol. The minimum absolute atomic E-state index is 0.0123. The molecule has 0 spiro atoms. The van der Waals surface area contributed by atoms with Gasteiger partial charge in [0.25, 0.3) is 5.91 Å². The second-order valence-corrected chi connectivity index (χ2v) is 9.28. The molecule has 0 bridgehead atoms. The summed E-state index contributed by atoms with van der Waals surface area (Å²) < 4.78 is 25.1. The number of aromatic nitrogens is 3. The van der Waals surface area contributed by atoms with E-state index >= 15 is 0 Å². The van der Waals surface area contributed by atoms with Crippen LogP contribution in [0.1, 0.15) is 11.3 Å². The summed E-state index contributed by atoms with van der Waals surface area (Å²) >= 11 is 6.32. The molecule has 12 heteroatoms. The number of nitrogens with zero attached hydrogens (tertiary/aromatic N) is 4. The van der Waals surface area contributed by atoms with E-state index < -0.39 is 11.9 Å². The molecule has 3 aromatic heterocycles. The summed E-state index contributed by atoms with van der Waals surface area (Å²) in [6.07, 6.45) is 1.13. The third kappa shape index (κ3) is 5.19. The summed E-state index contributed by atoms with van der Waals surface area (Å²) in [5, 5.41) is 17.0. The van der Waals surface area contributed by atoms with Crippen LogP contribution in [0.2, 0.25) is 5.02 Å². The van der Waals surface area contributed by atoms with E-state index in [1.807, 2.05) is 0 Å². The lowest BCUT2D eigenvalue weighted by atomic mass is 10.1. The summed E-state index contributed by atoms with van der Waals surface area (Å²) in [7, 11) is 1.52. The largest absolute Gasteiger partial charge is 0.481 e. The molecule has 2 atom stereocenters. The van der Waals surface area contributed by atoms with Crippen LogP contribution >= 0.6 is 11.6 Å². The monoisotopic (exact) mass is 516 g/mol. The number of amides is 1. The Bertz CT molecular complexity index is 1300. The number of β-amino-alcohol motifs (C(OH)–C–C–N with tert-alkyl or cyclic N) is 1. The van der Waals surface area contributed by atoms with E-state index in [4.69, 9.17) is 21.1 Å². The topological polar surface area (TPSA) is 122 Å². The van der Waals surface area contributed by atoms with Crippen LogP contribution in [0.5, 0.6) is 11.6 Å². The Morgan fingerprint density at radius 1 is 1.36 bits per heavy atom. The van der Waals surface area contributed by atoms with Gasteiger partial charge in [-0.05, 0) is 12.5 Å². The van der Waals surface area contributed by atoms with E-state index in [9.17, 15) is 14.3 Å². The number of aliphatic hydroxyl groups excluding tert-OH is 1. The van der Waals surface area contributed by atoms with Gasteiger partial charge < -0.3 is 30.1 Å². The van der Waals surface area contributed by atoms with Gasteiger partial charge in [0.2, 0.25) is 5.88 Å². The fourth-order valence-corrected chi connectivity index (χ4v) is 4.75. The molecule has 2 aliphatic heterocycles. The van der Waals surface area contributed by atoms with Gasteiger partial charge in [-0.15, -0.1) is 0 Å². The van der Waals surface area contributed by atoms with Crippen LogP contribution in [0.4, 0.5) is 10.2 Å². The van der Waals surface area contributed by atoms with Gasteiger partial charge in [0.1, 0.15) is 5.82 Å². The highest BCUT2D eigenvalue weighted by Crippen LogP contribution is 2.30. The number of hydrogen-bond acceptors (Lipinski definition) is 9. The lowest BCUT2D eigenvalue weighted by Crippen LogP contribution is -2.31. The van der Waals surface area contributed by atoms with Crippen molar-refractivity contribution in [3.8, 4) is 11.6 Å². The van der Waals surface area contributed by atoms with Crippen molar-refractivity contribution in [2.75, 3.05) is 45.2 Å². The number of pyridine rings is 3. The lowest BCUT2D eigenvalue weighted by Gasteiger charge is -2.19. The van der Waals surface area contributed by atoms with Crippen molar-refractivity contribution in [2.24, 2.45) is 5.92 Å². The predicted octanol–water partition coefficient (Wildman–Crippen LogP) is 1.78. The van der Waals surface area contributed by atoms with Crippen LogP contribution in [-0.4, -0.2) is 76.9 Å². The van der Waals surface area contributed by atoms with Gasteiger partial charge in [-0.1, -0.05) is 11.6 Å². The number of likely N-dealkylation sites (tertiary alicyclic amines) is 1. The predicted molar refractivity (Wildman–Crippen MR) is 131 cm³/mol. The molecule has 190 valence electrons. The van der Waals surface area contributed by atoms with Crippen LogP contribution in [0.15, 0.2) is 24.4 Å². The molecule has 1 amide bonds. The van der Waals surface area contributed by atoms with Crippen molar-refractivity contribution in [1.29, 1.82) is 0 Å². The summed E-state index contributed by atoms with van der Waals surface area (Å²) in [5.41, 5.74) is 2.16. The van der Waals surface area contributed by atoms with E-state index in [-0.39, 0.29) is 18.4 Å². The van der Waals surface area contributed by atoms with Crippen molar-refractivity contribution in [1.82, 2.24) is 25.2 Å². The highest BCUT2D eigenvalue weighted by molar-refractivity contribution is 6.31. The highest BCUT2D eigenvalue weighted by atomic mass is 35.5. The van der Waals surface area contributed by atoms with Gasteiger partial charge >= 0.3 is 0 Å². The Morgan fingerprint density at radius 3 is 3.06 bits per heavy atom. The molecule has 0 aromatic carbocycles. The number of methoxy groups -OCH3 is 1. The quantitative estimate of drug-likeness (QED) is 0.411. The van der Waals surface area contributed by atoms with Crippen LogP contribution in [0.25, 0.3) is 11.0 Å². The number of fused-ring (bicyclic) bond motifs is 2. The number of halogens is 2. The minimum Gasteiger partial charge on any atom is -0.481 e. The number of carbonyl (C=O) groups is 1. The molecule has 5 heterocycles. The zero-order valence-electron chi connectivity index (χ0n) is 19.6. The Morgan fingerprint density at radius 2 is 2.22 bits per heavy atom. The standard InChI is InChI=1S/C24H26ClFN6O4/c1-35-22-3-2-17-23(31-22)14(16(26)8-28-17)4-5-32-10-13(19(33)11-32)7-27-9-18-15(25)6-20-24(29-18)30-21(34)12-36-20/h2-3,6,8,13,19,27,33H,4-5,7,9-12H2,1H3,(H,29,30,34)/t13-,19+/m1/s1. The number of anilines is 1. The number of hydrogen-bond donors (Lipinski definition) is 3. The molecule has 0 unspecified atom stereocenters. The van der Waals surface area contributed by atoms with E-state index in [0.717, 1.165) is 0 Å². The first-order valence-corrected chi connectivity index (χ1v) is 12.0. The molecule has 36 heavy (non-hydrogen) atoms. The normalized spacial score (nSPS) is 19.7. The fourth-order valence-electron chi connectivity index (χ4n) is 4.54. The van der Waals surface area contributed by atoms with Crippen molar-refractivity contribution in [3.63, 3.8) is 0 Å². The Kier molecular flexibility index (Phi) is 7.15. The van der Waals surface area contributed by atoms with Crippen LogP contribution in [-0.2, 0) is 17.8 Å². The van der Waals surface area contributed by atoms with Gasteiger partial charge in [0.05, 0.1) is 41.2 Å². The highest BCUT2D eigenvalue weighted by Gasteiger charge is 2.31. The first-order valence-electron chi connectivity index (χ1n) is 11.6. The van der Waals surface area contributed by atoms with Gasteiger partial charge in [-0.2, -0.15) is 0 Å². The second-order valence-electron chi connectivity index (χ2n) is 8.87. The first kappa shape index (κ1) is 24.6. The molecule has 5 rings (SSSR count). The number of ether oxygens (including phenoxy) is 2. The summed E-state index contributed by atoms with van der Waals surface area (Å²) in [5.74, 6) is 0.515. The smallest absolute Gasteiger partial charge is 0.263 e. The molecular formula is C24H26ClFN6O4. The van der Waals surface area contributed by atoms with Crippen LogP contribution in [0.3, 0.4) is 0 Å². The molecule has 0 radical (unpaired) electrons. The summed E-state index contributed by atoms with van der Waals surface area (Å²) in [6.45, 7) is 2.57. The number of nitrogens with one attached hydrogen (secondary N) is 2. The van der Waals surface area contributed by atoms with Gasteiger partial charge in [0.15, 0.2) is 18.2 Å². The molecule has 1 fully saturated rings. The fraction of sp³-hybridized carbons (Fsp3) is 0.417. The van der Waals surface area contributed by atoms with Gasteiger partial charge in [-0.3, -0.25) is 9.78 Å². The number of aliphatic hydroxyl groups is 1. The average Bonchev–Trinajstić information content (AvgIpc) is 3.22. The zero-order valence-corrected chi connectivity index (χ0v) is 20.4. The Hall–Kier alpha value is -3.12. The Balaban J connectivity index is 1.17. The number of rotatable bonds is 8. The van der Waals surface area contributed by atoms with Gasteiger partial charge in [0, 0.05) is 56.3 Å². The van der Waals surface area contributed by atoms with Crippen LogP contribution in [0, 0.1) is 11.7 Å². The third-order valence-electron chi connectivity index (χ3n) is 6.44. The summed E-state index contributed by atoms with van der Waals surface area (Å²) in [4.78, 5) is 26.5. The van der Waals surface area contributed by atoms with Crippen molar-refractivity contribution >= 4 is 34.4 Å². The first-order chi connectivity index (χ1) is 17.4. The third-order valence-corrected chi connectivity index (χ3v) is 6.77. The maximum atomic E-state index is 14.6. The van der Waals surface area contributed by atoms with Crippen molar-refractivity contribution in [3.05, 3.63) is 46.5 Å². The molecule has 2 aliphatic rings. The lowest BCUT2D eigenvalue weighted by molar-refractivity contribution is -0.118. The zero-order chi connectivity index (χ0) is 25.2. The molecule has 1 saturated heterocycles. The maximum Gasteiger partial charge on any atom is 0.263 e. The minimum atomic E-state index is -0.519. The second kappa shape index (κ2) is 10.5. The van der Waals surface area contributed by atoms with E-state index in [1.165, 1.54) is 13.3 Å². The number of carbonyl (C=O) groups excluding carboxylic acids is 1. The van der Waals surface area contributed by atoms with E-state index in [1.54, 1.807) is 18.2 Å². The Labute approximate surface area is 211 Å². The molecule has 3 N–H and O–H groups in total. The maximum absolute atomic E-state index is 14.6. The molecule has 0 saturated carbocycles. The molecule has 3 aromatic rings. The average molecular weight is 517 g/mol. The molecule has 0 aliphatic carbocycles. The van der Waals surface area contributed by atoms with Gasteiger partial charge in [-0.25, -0.2) is 14.4 Å². The van der Waals surface area contributed by atoms with E-state index in [2.05, 4.69) is 30.5 Å².